The molecule has 0 saturated carbocycles. The fraction of sp³-hybridized carbons (Fsp3) is 0.533. The van der Waals surface area contributed by atoms with Gasteiger partial charge in [-0.15, -0.1) is 0 Å². The molecule has 0 heterocycles. The maximum Gasteiger partial charge on any atom is 0.164 e. The quantitative estimate of drug-likeness (QED) is 0.728. The molecule has 0 fully saturated rings. The number of ketones is 1. The fourth-order valence-electron chi connectivity index (χ4n) is 1.82. The predicted octanol–water partition coefficient (Wildman–Crippen LogP) is 3.22. The lowest BCUT2D eigenvalue weighted by atomic mass is 10.0. The van der Waals surface area contributed by atoms with E-state index in [4.69, 9.17) is 0 Å². The van der Waals surface area contributed by atoms with Crippen molar-refractivity contribution < 1.29 is 4.79 Å². The summed E-state index contributed by atoms with van der Waals surface area (Å²) >= 11 is 0. The maximum atomic E-state index is 12.0. The Morgan fingerprint density at radius 1 is 1.18 bits per heavy atom. The summed E-state index contributed by atoms with van der Waals surface area (Å²) in [6.45, 7) is 9.17. The molecule has 0 unspecified atom stereocenters. The monoisotopic (exact) mass is 233 g/mol. The normalized spacial score (nSPS) is 11.2. The lowest BCUT2D eigenvalue weighted by molar-refractivity contribution is 0.0964. The molecule has 1 aromatic rings. The Morgan fingerprint density at radius 2 is 1.71 bits per heavy atom. The van der Waals surface area contributed by atoms with Crippen molar-refractivity contribution in [3.63, 3.8) is 0 Å². The summed E-state index contributed by atoms with van der Waals surface area (Å²) in [6.07, 6.45) is 0.595. The van der Waals surface area contributed by atoms with Gasteiger partial charge < -0.3 is 4.90 Å². The molecule has 0 saturated heterocycles. The smallest absolute Gasteiger partial charge is 0.164 e. The largest absolute Gasteiger partial charge is 0.304 e. The van der Waals surface area contributed by atoms with E-state index >= 15 is 0 Å². The Morgan fingerprint density at radius 3 is 2.18 bits per heavy atom. The summed E-state index contributed by atoms with van der Waals surface area (Å²) in [5.41, 5.74) is 3.16. The second-order valence-electron chi connectivity index (χ2n) is 5.12. The second kappa shape index (κ2) is 5.97. The number of hydrogen-bond acceptors (Lipinski definition) is 2. The molecule has 2 heteroatoms. The lowest BCUT2D eigenvalue weighted by Crippen LogP contribution is -2.28. The topological polar surface area (TPSA) is 20.3 Å². The minimum atomic E-state index is 0.240. The Balaban J connectivity index is 2.64. The molecule has 0 amide bonds. The minimum absolute atomic E-state index is 0.240. The van der Waals surface area contributed by atoms with Crippen molar-refractivity contribution in [3.8, 4) is 0 Å². The minimum Gasteiger partial charge on any atom is -0.304 e. The molecule has 17 heavy (non-hydrogen) atoms. The van der Waals surface area contributed by atoms with Crippen molar-refractivity contribution in [3.05, 3.63) is 34.9 Å². The van der Waals surface area contributed by atoms with Gasteiger partial charge in [0.25, 0.3) is 0 Å². The Labute approximate surface area is 105 Å². The highest BCUT2D eigenvalue weighted by Crippen LogP contribution is 2.11. The summed E-state index contributed by atoms with van der Waals surface area (Å²) in [7, 11) is 2.06. The molecular weight excluding hydrogens is 210 g/mol. The van der Waals surface area contributed by atoms with Crippen LogP contribution in [0.1, 0.15) is 41.8 Å². The Hall–Kier alpha value is -1.15. The molecule has 0 aliphatic carbocycles. The van der Waals surface area contributed by atoms with Crippen molar-refractivity contribution in [2.75, 3.05) is 13.6 Å². The van der Waals surface area contributed by atoms with Crippen LogP contribution < -0.4 is 0 Å². The summed E-state index contributed by atoms with van der Waals surface area (Å²) in [5.74, 6) is 0.240. The third kappa shape index (κ3) is 4.31. The van der Waals surface area contributed by atoms with E-state index in [1.807, 2.05) is 26.0 Å². The summed E-state index contributed by atoms with van der Waals surface area (Å²) in [6, 6.07) is 6.54. The van der Waals surface area contributed by atoms with Crippen molar-refractivity contribution in [2.24, 2.45) is 0 Å². The number of carbonyl (C=O) groups excluding carboxylic acids is 1. The number of carbonyl (C=O) groups is 1. The Kier molecular flexibility index (Phi) is 4.88. The van der Waals surface area contributed by atoms with Gasteiger partial charge in [-0.3, -0.25) is 4.79 Å². The molecule has 1 rings (SSSR count). The highest BCUT2D eigenvalue weighted by atomic mass is 16.1. The molecule has 94 valence electrons. The van der Waals surface area contributed by atoms with Crippen molar-refractivity contribution in [1.82, 2.24) is 4.90 Å². The molecule has 0 radical (unpaired) electrons. The molecular formula is C15H23NO. The van der Waals surface area contributed by atoms with E-state index < -0.39 is 0 Å². The first-order valence-corrected chi connectivity index (χ1v) is 6.22. The van der Waals surface area contributed by atoms with E-state index in [0.717, 1.165) is 23.2 Å². The number of benzene rings is 1. The van der Waals surface area contributed by atoms with Gasteiger partial charge in [0.1, 0.15) is 0 Å². The van der Waals surface area contributed by atoms with E-state index in [2.05, 4.69) is 31.9 Å². The molecule has 0 aliphatic rings. The van der Waals surface area contributed by atoms with Crippen molar-refractivity contribution >= 4 is 5.78 Å². The van der Waals surface area contributed by atoms with Crippen LogP contribution >= 0.6 is 0 Å². The first-order valence-electron chi connectivity index (χ1n) is 6.22. The number of nitrogens with zero attached hydrogens (tertiary/aromatic N) is 1. The number of aryl methyl sites for hydroxylation is 2. The number of Topliss-reactive ketones (excluding diaryl/α,β-unsaturated/α-hetero) is 1. The third-order valence-electron chi connectivity index (χ3n) is 3.12. The molecule has 0 bridgehead atoms. The summed E-state index contributed by atoms with van der Waals surface area (Å²) < 4.78 is 0. The second-order valence-corrected chi connectivity index (χ2v) is 5.12. The van der Waals surface area contributed by atoms with Crippen LogP contribution in [0.3, 0.4) is 0 Å². The van der Waals surface area contributed by atoms with Gasteiger partial charge in [0.15, 0.2) is 5.78 Å². The van der Waals surface area contributed by atoms with Gasteiger partial charge in [0.05, 0.1) is 0 Å². The average Bonchev–Trinajstić information content (AvgIpc) is 2.23. The van der Waals surface area contributed by atoms with Crippen LogP contribution in [0.5, 0.6) is 0 Å². The molecule has 2 nitrogen and oxygen atoms in total. The zero-order valence-corrected chi connectivity index (χ0v) is 11.6. The van der Waals surface area contributed by atoms with E-state index in [0.29, 0.717) is 12.5 Å². The van der Waals surface area contributed by atoms with E-state index in [1.54, 1.807) is 0 Å². The number of hydrogen-bond donors (Lipinski definition) is 0. The number of rotatable bonds is 5. The Bertz CT molecular complexity index is 376. The average molecular weight is 233 g/mol. The van der Waals surface area contributed by atoms with Crippen LogP contribution in [-0.2, 0) is 0 Å². The van der Waals surface area contributed by atoms with Crippen molar-refractivity contribution in [1.29, 1.82) is 0 Å². The van der Waals surface area contributed by atoms with Gasteiger partial charge in [-0.1, -0.05) is 17.2 Å². The van der Waals surface area contributed by atoms with Crippen LogP contribution in [0.2, 0.25) is 0 Å². The van der Waals surface area contributed by atoms with Gasteiger partial charge in [0.2, 0.25) is 0 Å². The van der Waals surface area contributed by atoms with Gasteiger partial charge in [-0.25, -0.2) is 0 Å². The van der Waals surface area contributed by atoms with E-state index in [9.17, 15) is 4.79 Å². The van der Waals surface area contributed by atoms with Crippen LogP contribution in [-0.4, -0.2) is 30.3 Å². The van der Waals surface area contributed by atoms with Crippen LogP contribution in [0, 0.1) is 13.8 Å². The molecule has 0 N–H and O–H groups in total. The van der Waals surface area contributed by atoms with Crippen molar-refractivity contribution in [2.45, 2.75) is 40.2 Å². The zero-order valence-electron chi connectivity index (χ0n) is 11.6. The van der Waals surface area contributed by atoms with Gasteiger partial charge in [-0.05, 0) is 46.9 Å². The van der Waals surface area contributed by atoms with Gasteiger partial charge in [0, 0.05) is 24.6 Å². The molecule has 0 spiro atoms. The first-order chi connectivity index (χ1) is 7.90. The molecule has 0 atom stereocenters. The summed E-state index contributed by atoms with van der Waals surface area (Å²) in [4.78, 5) is 14.2. The van der Waals surface area contributed by atoms with Gasteiger partial charge >= 0.3 is 0 Å². The van der Waals surface area contributed by atoms with E-state index in [1.165, 1.54) is 0 Å². The van der Waals surface area contributed by atoms with Crippen LogP contribution in [0.15, 0.2) is 18.2 Å². The molecule has 1 aromatic carbocycles. The van der Waals surface area contributed by atoms with E-state index in [-0.39, 0.29) is 5.78 Å². The standard InChI is InChI=1S/C15H23NO/c1-11(2)16(5)7-6-15(17)14-9-12(3)8-13(4)10-14/h8-11H,6-7H2,1-5H3. The fourth-order valence-corrected chi connectivity index (χ4v) is 1.82. The summed E-state index contributed by atoms with van der Waals surface area (Å²) in [5, 5.41) is 0. The first kappa shape index (κ1) is 13.9. The van der Waals surface area contributed by atoms with Gasteiger partial charge in [-0.2, -0.15) is 0 Å². The zero-order chi connectivity index (χ0) is 13.0. The predicted molar refractivity (Wildman–Crippen MR) is 72.6 cm³/mol. The third-order valence-corrected chi connectivity index (χ3v) is 3.12. The maximum absolute atomic E-state index is 12.0. The highest BCUT2D eigenvalue weighted by Gasteiger charge is 2.09. The molecule has 0 aliphatic heterocycles. The van der Waals surface area contributed by atoms with Crippen LogP contribution in [0.25, 0.3) is 0 Å². The van der Waals surface area contributed by atoms with Crippen LogP contribution in [0.4, 0.5) is 0 Å². The lowest BCUT2D eigenvalue weighted by Gasteiger charge is -2.20. The SMILES string of the molecule is Cc1cc(C)cc(C(=O)CCN(C)C(C)C)c1. The highest BCUT2D eigenvalue weighted by molar-refractivity contribution is 5.96. The molecule has 0 aromatic heterocycles.